The Kier molecular flexibility index (Phi) is 5.26. The molecule has 0 radical (unpaired) electrons. The van der Waals surface area contributed by atoms with Crippen LogP contribution in [-0.2, 0) is 19.9 Å². The lowest BCUT2D eigenvalue weighted by molar-refractivity contribution is 0.137. The molecular weight excluding hydrogens is 362 g/mol. The molecule has 1 aliphatic heterocycles. The highest BCUT2D eigenvalue weighted by Gasteiger charge is 2.43. The molecule has 1 aromatic rings. The van der Waals surface area contributed by atoms with Gasteiger partial charge in [0, 0.05) is 7.05 Å². The predicted molar refractivity (Wildman–Crippen MR) is 95.7 cm³/mol. The maximum atomic E-state index is 12.8. The molecule has 1 heterocycles. The molecule has 2 fully saturated rings. The average molecular weight is 388 g/mol. The molecule has 0 aromatic heterocycles. The van der Waals surface area contributed by atoms with E-state index in [1.807, 2.05) is 12.1 Å². The SMILES string of the molecule is CN([C@@H]1CS(=O)(=O)C[C@H]1O)S(=O)(=O)c1ccc(C2CCCCC2)cc1. The molecule has 6 nitrogen and oxygen atoms in total. The van der Waals surface area contributed by atoms with E-state index in [9.17, 15) is 21.9 Å². The van der Waals surface area contributed by atoms with Crippen LogP contribution >= 0.6 is 0 Å². The van der Waals surface area contributed by atoms with E-state index in [1.54, 1.807) is 12.1 Å². The van der Waals surface area contributed by atoms with E-state index >= 15 is 0 Å². The van der Waals surface area contributed by atoms with Gasteiger partial charge in [-0.3, -0.25) is 0 Å². The molecule has 1 N–H and O–H groups in total. The zero-order valence-electron chi connectivity index (χ0n) is 14.3. The average Bonchev–Trinajstić information content (AvgIpc) is 2.87. The minimum Gasteiger partial charge on any atom is -0.390 e. The van der Waals surface area contributed by atoms with Crippen molar-refractivity contribution < 1.29 is 21.9 Å². The van der Waals surface area contributed by atoms with Gasteiger partial charge in [0.05, 0.1) is 28.5 Å². The van der Waals surface area contributed by atoms with Crippen LogP contribution in [0.4, 0.5) is 0 Å². The van der Waals surface area contributed by atoms with Crippen LogP contribution in [0.5, 0.6) is 0 Å². The maximum absolute atomic E-state index is 12.8. The number of sulfone groups is 1. The van der Waals surface area contributed by atoms with Crippen LogP contribution in [0.1, 0.15) is 43.6 Å². The fourth-order valence-corrected chi connectivity index (χ4v) is 7.17. The number of aliphatic hydroxyl groups is 1. The van der Waals surface area contributed by atoms with Gasteiger partial charge in [0.1, 0.15) is 0 Å². The van der Waals surface area contributed by atoms with E-state index in [-0.39, 0.29) is 10.6 Å². The normalized spacial score (nSPS) is 27.6. The van der Waals surface area contributed by atoms with Crippen molar-refractivity contribution in [3.8, 4) is 0 Å². The Morgan fingerprint density at radius 1 is 1.04 bits per heavy atom. The van der Waals surface area contributed by atoms with Crippen molar-refractivity contribution >= 4 is 19.9 Å². The number of rotatable bonds is 4. The third-order valence-corrected chi connectivity index (χ3v) is 8.99. The maximum Gasteiger partial charge on any atom is 0.243 e. The first-order valence-electron chi connectivity index (χ1n) is 8.67. The van der Waals surface area contributed by atoms with Crippen LogP contribution in [0.15, 0.2) is 29.2 Å². The highest BCUT2D eigenvalue weighted by molar-refractivity contribution is 7.92. The number of nitrogens with zero attached hydrogens (tertiary/aromatic N) is 1. The van der Waals surface area contributed by atoms with Crippen LogP contribution in [0.2, 0.25) is 0 Å². The second-order valence-corrected chi connectivity index (χ2v) is 11.3. The van der Waals surface area contributed by atoms with Gasteiger partial charge < -0.3 is 5.11 Å². The topological polar surface area (TPSA) is 91.8 Å². The number of hydrogen-bond donors (Lipinski definition) is 1. The van der Waals surface area contributed by atoms with Gasteiger partial charge >= 0.3 is 0 Å². The predicted octanol–water partition coefficient (Wildman–Crippen LogP) is 1.51. The largest absolute Gasteiger partial charge is 0.390 e. The zero-order valence-corrected chi connectivity index (χ0v) is 16.0. The lowest BCUT2D eigenvalue weighted by Crippen LogP contribution is -2.44. The third-order valence-electron chi connectivity index (χ3n) is 5.39. The molecule has 0 unspecified atom stereocenters. The first-order chi connectivity index (χ1) is 11.7. The monoisotopic (exact) mass is 387 g/mol. The van der Waals surface area contributed by atoms with Gasteiger partial charge in [-0.15, -0.1) is 0 Å². The molecule has 140 valence electrons. The second-order valence-electron chi connectivity index (χ2n) is 7.14. The number of benzene rings is 1. The first kappa shape index (κ1) is 18.8. The van der Waals surface area contributed by atoms with Crippen molar-refractivity contribution in [1.82, 2.24) is 4.31 Å². The standard InChI is InChI=1S/C17H25NO5S2/c1-18(16-11-24(20,21)12-17(16)19)25(22,23)15-9-7-14(8-10-15)13-5-3-2-4-6-13/h7-10,13,16-17,19H,2-6,11-12H2,1H3/t16-,17-/m1/s1. The number of hydrogen-bond acceptors (Lipinski definition) is 5. The van der Waals surface area contributed by atoms with Gasteiger partial charge in [-0.05, 0) is 36.5 Å². The summed E-state index contributed by atoms with van der Waals surface area (Å²) in [7, 11) is -5.92. The Morgan fingerprint density at radius 3 is 2.16 bits per heavy atom. The molecule has 0 bridgehead atoms. The van der Waals surface area contributed by atoms with E-state index in [4.69, 9.17) is 0 Å². The van der Waals surface area contributed by atoms with E-state index in [0.717, 1.165) is 22.7 Å². The van der Waals surface area contributed by atoms with Crippen LogP contribution in [0.3, 0.4) is 0 Å². The van der Waals surface area contributed by atoms with E-state index in [0.29, 0.717) is 5.92 Å². The molecule has 1 saturated carbocycles. The fraction of sp³-hybridized carbons (Fsp3) is 0.647. The smallest absolute Gasteiger partial charge is 0.243 e. The van der Waals surface area contributed by atoms with Crippen molar-refractivity contribution in [3.63, 3.8) is 0 Å². The zero-order chi connectivity index (χ0) is 18.2. The Balaban J connectivity index is 1.80. The molecule has 3 rings (SSSR count). The second kappa shape index (κ2) is 6.98. The van der Waals surface area contributed by atoms with E-state index < -0.39 is 37.8 Å². The summed E-state index contributed by atoms with van der Waals surface area (Å²) in [5.74, 6) is -0.243. The Labute approximate surface area is 149 Å². The summed E-state index contributed by atoms with van der Waals surface area (Å²) in [5, 5.41) is 9.93. The highest BCUT2D eigenvalue weighted by atomic mass is 32.2. The molecular formula is C17H25NO5S2. The number of sulfonamides is 1. The van der Waals surface area contributed by atoms with Gasteiger partial charge in [-0.25, -0.2) is 16.8 Å². The van der Waals surface area contributed by atoms with Gasteiger partial charge in [-0.1, -0.05) is 31.4 Å². The van der Waals surface area contributed by atoms with Gasteiger partial charge in [0.2, 0.25) is 10.0 Å². The summed E-state index contributed by atoms with van der Waals surface area (Å²) >= 11 is 0. The Morgan fingerprint density at radius 2 is 1.64 bits per heavy atom. The van der Waals surface area contributed by atoms with Crippen molar-refractivity contribution in [2.24, 2.45) is 0 Å². The molecule has 25 heavy (non-hydrogen) atoms. The molecule has 1 aromatic carbocycles. The minimum atomic E-state index is -3.84. The van der Waals surface area contributed by atoms with Crippen molar-refractivity contribution in [1.29, 1.82) is 0 Å². The minimum absolute atomic E-state index is 0.131. The summed E-state index contributed by atoms with van der Waals surface area (Å²) in [6.45, 7) is 0. The lowest BCUT2D eigenvalue weighted by atomic mass is 9.84. The Hall–Kier alpha value is -0.960. The first-order valence-corrected chi connectivity index (χ1v) is 11.9. The summed E-state index contributed by atoms with van der Waals surface area (Å²) < 4.78 is 49.9. The highest BCUT2D eigenvalue weighted by Crippen LogP contribution is 2.33. The van der Waals surface area contributed by atoms with E-state index in [1.165, 1.54) is 26.3 Å². The van der Waals surface area contributed by atoms with Crippen LogP contribution < -0.4 is 0 Å². The molecule has 1 saturated heterocycles. The Bertz CT molecular complexity index is 811. The van der Waals surface area contributed by atoms with Crippen molar-refractivity contribution in [2.75, 3.05) is 18.6 Å². The fourth-order valence-electron chi connectivity index (χ4n) is 3.85. The molecule has 8 heteroatoms. The lowest BCUT2D eigenvalue weighted by Gasteiger charge is -2.26. The van der Waals surface area contributed by atoms with Crippen LogP contribution in [0, 0.1) is 0 Å². The van der Waals surface area contributed by atoms with Crippen molar-refractivity contribution in [3.05, 3.63) is 29.8 Å². The number of aliphatic hydroxyl groups excluding tert-OH is 1. The molecule has 2 atom stereocenters. The quantitative estimate of drug-likeness (QED) is 0.846. The molecule has 2 aliphatic rings. The summed E-state index contributed by atoms with van der Waals surface area (Å²) in [6, 6.07) is 5.96. The summed E-state index contributed by atoms with van der Waals surface area (Å²) in [6.07, 6.45) is 4.77. The number of likely N-dealkylation sites (N-methyl/N-ethyl adjacent to an activating group) is 1. The van der Waals surface area contributed by atoms with Crippen LogP contribution in [0.25, 0.3) is 0 Å². The summed E-state index contributed by atoms with van der Waals surface area (Å²) in [5.41, 5.74) is 1.16. The molecule has 0 spiro atoms. The molecule has 0 amide bonds. The molecule has 1 aliphatic carbocycles. The van der Waals surface area contributed by atoms with Gasteiger partial charge in [-0.2, -0.15) is 4.31 Å². The summed E-state index contributed by atoms with van der Waals surface area (Å²) in [4.78, 5) is 0.131. The van der Waals surface area contributed by atoms with Crippen LogP contribution in [-0.4, -0.2) is 56.9 Å². The van der Waals surface area contributed by atoms with Gasteiger partial charge in [0.15, 0.2) is 9.84 Å². The third kappa shape index (κ3) is 3.92. The van der Waals surface area contributed by atoms with E-state index in [2.05, 4.69) is 0 Å². The van der Waals surface area contributed by atoms with Gasteiger partial charge in [0.25, 0.3) is 0 Å². The van der Waals surface area contributed by atoms with Crippen molar-refractivity contribution in [2.45, 2.75) is 55.1 Å².